The van der Waals surface area contributed by atoms with E-state index in [0.29, 0.717) is 12.0 Å². The predicted octanol–water partition coefficient (Wildman–Crippen LogP) is 1.82. The summed E-state index contributed by atoms with van der Waals surface area (Å²) in [5, 5.41) is 10.1. The maximum atomic E-state index is 11.4. The Kier molecular flexibility index (Phi) is 3.79. The Hall–Kier alpha value is -1.24. The number of nitrogens with zero attached hydrogens (tertiary/aromatic N) is 1. The van der Waals surface area contributed by atoms with Crippen LogP contribution in [0.4, 0.5) is 0 Å². The third kappa shape index (κ3) is 3.16. The van der Waals surface area contributed by atoms with E-state index in [1.54, 1.807) is 23.8 Å². The zero-order valence-electron chi connectivity index (χ0n) is 9.78. The van der Waals surface area contributed by atoms with Gasteiger partial charge >= 0.3 is 0 Å². The first-order valence-corrected chi connectivity index (χ1v) is 8.09. The summed E-state index contributed by atoms with van der Waals surface area (Å²) in [6, 6.07) is 6.40. The van der Waals surface area contributed by atoms with Gasteiger partial charge in [0.05, 0.1) is 16.5 Å². The van der Waals surface area contributed by atoms with Gasteiger partial charge in [-0.05, 0) is 17.7 Å². The minimum atomic E-state index is -3.24. The second-order valence-electron chi connectivity index (χ2n) is 4.03. The second kappa shape index (κ2) is 5.17. The van der Waals surface area contributed by atoms with E-state index < -0.39 is 15.9 Å². The van der Waals surface area contributed by atoms with Crippen molar-refractivity contribution >= 4 is 21.2 Å². The molecule has 0 aliphatic heterocycles. The Morgan fingerprint density at radius 3 is 2.83 bits per heavy atom. The number of thiazole rings is 1. The average molecular weight is 283 g/mol. The molecule has 0 radical (unpaired) electrons. The lowest BCUT2D eigenvalue weighted by molar-refractivity contribution is 0.179. The average Bonchev–Trinajstić information content (AvgIpc) is 2.81. The first kappa shape index (κ1) is 13.2. The summed E-state index contributed by atoms with van der Waals surface area (Å²) in [6.07, 6.45) is 2.58. The highest BCUT2D eigenvalue weighted by Gasteiger charge is 2.13. The molecule has 1 atom stereocenters. The van der Waals surface area contributed by atoms with Gasteiger partial charge in [0.2, 0.25) is 0 Å². The van der Waals surface area contributed by atoms with Gasteiger partial charge in [-0.15, -0.1) is 11.3 Å². The standard InChI is InChI=1S/C12H13NO3S2/c1-18(15,16)11-4-2-3-9(5-11)12(14)6-10-7-13-8-17-10/h2-5,7-8,12,14H,6H2,1H3. The highest BCUT2D eigenvalue weighted by atomic mass is 32.2. The summed E-state index contributed by atoms with van der Waals surface area (Å²) in [5.41, 5.74) is 2.31. The van der Waals surface area contributed by atoms with Gasteiger partial charge in [0.25, 0.3) is 0 Å². The van der Waals surface area contributed by atoms with Crippen molar-refractivity contribution in [3.63, 3.8) is 0 Å². The maximum Gasteiger partial charge on any atom is 0.175 e. The van der Waals surface area contributed by atoms with E-state index in [4.69, 9.17) is 0 Å². The Morgan fingerprint density at radius 1 is 1.44 bits per heavy atom. The van der Waals surface area contributed by atoms with Crippen LogP contribution in [0.3, 0.4) is 0 Å². The fraction of sp³-hybridized carbons (Fsp3) is 0.250. The van der Waals surface area contributed by atoms with E-state index in [0.717, 1.165) is 11.1 Å². The molecule has 0 aliphatic carbocycles. The van der Waals surface area contributed by atoms with E-state index >= 15 is 0 Å². The summed E-state index contributed by atoms with van der Waals surface area (Å²) in [7, 11) is -3.24. The van der Waals surface area contributed by atoms with Crippen LogP contribution in [0.5, 0.6) is 0 Å². The number of aromatic nitrogens is 1. The summed E-state index contributed by atoms with van der Waals surface area (Å²) >= 11 is 1.47. The minimum absolute atomic E-state index is 0.225. The van der Waals surface area contributed by atoms with Gasteiger partial charge in [-0.2, -0.15) is 0 Å². The van der Waals surface area contributed by atoms with E-state index in [9.17, 15) is 13.5 Å². The molecule has 1 aromatic carbocycles. The van der Waals surface area contributed by atoms with Gasteiger partial charge in [0, 0.05) is 23.8 Å². The molecular weight excluding hydrogens is 270 g/mol. The molecule has 96 valence electrons. The largest absolute Gasteiger partial charge is 0.388 e. The first-order chi connectivity index (χ1) is 8.47. The number of rotatable bonds is 4. The van der Waals surface area contributed by atoms with Crippen LogP contribution in [0.2, 0.25) is 0 Å². The molecule has 4 nitrogen and oxygen atoms in total. The molecule has 1 unspecified atom stereocenters. The molecule has 6 heteroatoms. The van der Waals surface area contributed by atoms with Crippen LogP contribution in [-0.4, -0.2) is 24.8 Å². The number of aliphatic hydroxyl groups excluding tert-OH is 1. The van der Waals surface area contributed by atoms with Gasteiger partial charge in [-0.3, -0.25) is 4.98 Å². The molecule has 0 saturated heterocycles. The molecule has 1 aromatic heterocycles. The molecule has 2 rings (SSSR count). The van der Waals surface area contributed by atoms with E-state index in [1.807, 2.05) is 0 Å². The molecule has 18 heavy (non-hydrogen) atoms. The quantitative estimate of drug-likeness (QED) is 0.929. The highest BCUT2D eigenvalue weighted by molar-refractivity contribution is 7.90. The highest BCUT2D eigenvalue weighted by Crippen LogP contribution is 2.22. The number of hydrogen-bond acceptors (Lipinski definition) is 5. The number of hydrogen-bond donors (Lipinski definition) is 1. The van der Waals surface area contributed by atoms with E-state index in [1.165, 1.54) is 23.5 Å². The maximum absolute atomic E-state index is 11.4. The zero-order valence-corrected chi connectivity index (χ0v) is 11.4. The van der Waals surface area contributed by atoms with Crippen molar-refractivity contribution in [2.24, 2.45) is 0 Å². The van der Waals surface area contributed by atoms with Gasteiger partial charge in [-0.1, -0.05) is 12.1 Å². The lowest BCUT2D eigenvalue weighted by Crippen LogP contribution is -2.03. The zero-order chi connectivity index (χ0) is 13.2. The van der Waals surface area contributed by atoms with Crippen molar-refractivity contribution in [2.45, 2.75) is 17.4 Å². The van der Waals surface area contributed by atoms with Crippen LogP contribution in [0.15, 0.2) is 40.9 Å². The number of aliphatic hydroxyl groups is 1. The third-order valence-corrected chi connectivity index (χ3v) is 4.46. The van der Waals surface area contributed by atoms with Crippen molar-refractivity contribution in [1.29, 1.82) is 0 Å². The van der Waals surface area contributed by atoms with Gasteiger partial charge in [0.1, 0.15) is 0 Å². The third-order valence-electron chi connectivity index (χ3n) is 2.55. The molecule has 0 bridgehead atoms. The van der Waals surface area contributed by atoms with Crippen LogP contribution >= 0.6 is 11.3 Å². The fourth-order valence-corrected chi connectivity index (χ4v) is 2.91. The lowest BCUT2D eigenvalue weighted by Gasteiger charge is -2.10. The topological polar surface area (TPSA) is 67.3 Å². The summed E-state index contributed by atoms with van der Waals surface area (Å²) in [4.78, 5) is 5.13. The van der Waals surface area contributed by atoms with Crippen LogP contribution in [-0.2, 0) is 16.3 Å². The molecule has 0 fully saturated rings. The van der Waals surface area contributed by atoms with Crippen molar-refractivity contribution in [3.8, 4) is 0 Å². The molecule has 0 aliphatic rings. The monoisotopic (exact) mass is 283 g/mol. The minimum Gasteiger partial charge on any atom is -0.388 e. The first-order valence-electron chi connectivity index (χ1n) is 5.32. The molecular formula is C12H13NO3S2. The second-order valence-corrected chi connectivity index (χ2v) is 7.02. The Balaban J connectivity index is 2.23. The van der Waals surface area contributed by atoms with E-state index in [-0.39, 0.29) is 4.90 Å². The predicted molar refractivity (Wildman–Crippen MR) is 70.3 cm³/mol. The van der Waals surface area contributed by atoms with Crippen LogP contribution < -0.4 is 0 Å². The lowest BCUT2D eigenvalue weighted by atomic mass is 10.1. The van der Waals surface area contributed by atoms with Crippen molar-refractivity contribution in [3.05, 3.63) is 46.4 Å². The van der Waals surface area contributed by atoms with Crippen molar-refractivity contribution < 1.29 is 13.5 Å². The number of sulfone groups is 1. The number of benzene rings is 1. The van der Waals surface area contributed by atoms with Gasteiger partial charge in [0.15, 0.2) is 9.84 Å². The molecule has 1 N–H and O–H groups in total. The van der Waals surface area contributed by atoms with Gasteiger partial charge < -0.3 is 5.11 Å². The van der Waals surface area contributed by atoms with Crippen LogP contribution in [0, 0.1) is 0 Å². The van der Waals surface area contributed by atoms with Gasteiger partial charge in [-0.25, -0.2) is 8.42 Å². The summed E-state index contributed by atoms with van der Waals surface area (Å²) < 4.78 is 22.9. The Bertz CT molecular complexity index is 621. The van der Waals surface area contributed by atoms with Crippen LogP contribution in [0.1, 0.15) is 16.5 Å². The fourth-order valence-electron chi connectivity index (χ4n) is 1.60. The van der Waals surface area contributed by atoms with Crippen LogP contribution in [0.25, 0.3) is 0 Å². The van der Waals surface area contributed by atoms with Crippen molar-refractivity contribution in [2.75, 3.05) is 6.26 Å². The Morgan fingerprint density at radius 2 is 2.22 bits per heavy atom. The van der Waals surface area contributed by atoms with E-state index in [2.05, 4.69) is 4.98 Å². The van der Waals surface area contributed by atoms with Crippen molar-refractivity contribution in [1.82, 2.24) is 4.98 Å². The molecule has 0 amide bonds. The molecule has 2 aromatic rings. The normalized spacial score (nSPS) is 13.4. The Labute approximate surface area is 110 Å². The smallest absolute Gasteiger partial charge is 0.175 e. The SMILES string of the molecule is CS(=O)(=O)c1cccc(C(O)Cc2cncs2)c1. The molecule has 0 saturated carbocycles. The molecule has 1 heterocycles. The molecule has 0 spiro atoms. The summed E-state index contributed by atoms with van der Waals surface area (Å²) in [5.74, 6) is 0. The summed E-state index contributed by atoms with van der Waals surface area (Å²) in [6.45, 7) is 0.